The van der Waals surface area contributed by atoms with Crippen LogP contribution in [-0.4, -0.2) is 35.9 Å². The molecule has 2 aliphatic rings. The molecule has 7 nitrogen and oxygen atoms in total. The maximum Gasteiger partial charge on any atom is 0.336 e. The Morgan fingerprint density at radius 1 is 1.42 bits per heavy atom. The first-order chi connectivity index (χ1) is 9.06. The molecule has 0 radical (unpaired) electrons. The van der Waals surface area contributed by atoms with Crippen LogP contribution in [0.1, 0.15) is 19.3 Å². The van der Waals surface area contributed by atoms with Gasteiger partial charge in [0.2, 0.25) is 6.29 Å². The summed E-state index contributed by atoms with van der Waals surface area (Å²) in [5, 5.41) is 8.45. The first-order valence-corrected chi connectivity index (χ1v) is 5.73. The van der Waals surface area contributed by atoms with Gasteiger partial charge in [0, 0.05) is 18.9 Å². The molecule has 0 saturated heterocycles. The van der Waals surface area contributed by atoms with Crippen LogP contribution < -0.4 is 0 Å². The van der Waals surface area contributed by atoms with E-state index in [0.29, 0.717) is 11.3 Å². The maximum atomic E-state index is 11.5. The fraction of sp³-hybridized carbons (Fsp3) is 0.417. The molecule has 0 fully saturated rings. The molecule has 7 heteroatoms. The monoisotopic (exact) mass is 268 g/mol. The largest absolute Gasteiger partial charge is 0.481 e. The molecule has 102 valence electrons. The lowest BCUT2D eigenvalue weighted by molar-refractivity contribution is -0.170. The van der Waals surface area contributed by atoms with Crippen LogP contribution in [-0.2, 0) is 28.6 Å². The summed E-state index contributed by atoms with van der Waals surface area (Å²) in [6.07, 6.45) is 1.89. The van der Waals surface area contributed by atoms with E-state index >= 15 is 0 Å². The number of rotatable bonds is 5. The third-order valence-electron chi connectivity index (χ3n) is 2.55. The number of esters is 2. The van der Waals surface area contributed by atoms with Gasteiger partial charge >= 0.3 is 17.9 Å². The highest BCUT2D eigenvalue weighted by atomic mass is 16.7. The quantitative estimate of drug-likeness (QED) is 0.725. The van der Waals surface area contributed by atoms with Gasteiger partial charge in [0.1, 0.15) is 5.76 Å². The molecule has 1 unspecified atom stereocenters. The van der Waals surface area contributed by atoms with Crippen molar-refractivity contribution < 1.29 is 33.7 Å². The Kier molecular flexibility index (Phi) is 3.96. The van der Waals surface area contributed by atoms with Crippen molar-refractivity contribution in [1.82, 2.24) is 0 Å². The predicted molar refractivity (Wildman–Crippen MR) is 59.6 cm³/mol. The van der Waals surface area contributed by atoms with Crippen molar-refractivity contribution >= 4 is 17.9 Å². The van der Waals surface area contributed by atoms with Crippen LogP contribution in [0.4, 0.5) is 0 Å². The van der Waals surface area contributed by atoms with Crippen molar-refractivity contribution in [3.05, 3.63) is 23.5 Å². The van der Waals surface area contributed by atoms with Crippen molar-refractivity contribution in [2.45, 2.75) is 25.6 Å². The summed E-state index contributed by atoms with van der Waals surface area (Å²) in [6, 6.07) is 0. The molecule has 1 atom stereocenters. The smallest absolute Gasteiger partial charge is 0.336 e. The first kappa shape index (κ1) is 13.3. The number of hydrogen-bond acceptors (Lipinski definition) is 6. The molecule has 0 bridgehead atoms. The predicted octanol–water partition coefficient (Wildman–Crippen LogP) is 0.508. The number of ether oxygens (including phenoxy) is 3. The van der Waals surface area contributed by atoms with Crippen LogP contribution in [0, 0.1) is 0 Å². The highest BCUT2D eigenvalue weighted by Gasteiger charge is 2.33. The Balaban J connectivity index is 1.87. The van der Waals surface area contributed by atoms with Crippen LogP contribution in [0.5, 0.6) is 0 Å². The van der Waals surface area contributed by atoms with Crippen LogP contribution >= 0.6 is 0 Å². The third kappa shape index (κ3) is 3.41. The standard InChI is InChI=1S/C12H12O7/c13-9(14)2-1-3-10(15)19-12-7-6-11(16)18-8(7)4-5-17-12/h4,6,12H,1-3,5H2,(H,13,14). The van der Waals surface area contributed by atoms with Crippen molar-refractivity contribution in [3.63, 3.8) is 0 Å². The van der Waals surface area contributed by atoms with Gasteiger partial charge in [-0.3, -0.25) is 9.59 Å². The van der Waals surface area contributed by atoms with E-state index in [2.05, 4.69) is 0 Å². The van der Waals surface area contributed by atoms with E-state index in [1.165, 1.54) is 6.08 Å². The number of carbonyl (C=O) groups is 3. The number of hydrogen-bond donors (Lipinski definition) is 1. The van der Waals surface area contributed by atoms with Crippen molar-refractivity contribution in [2.24, 2.45) is 0 Å². The lowest BCUT2D eigenvalue weighted by atomic mass is 10.2. The second-order valence-corrected chi connectivity index (χ2v) is 3.99. The molecule has 0 saturated carbocycles. The highest BCUT2D eigenvalue weighted by molar-refractivity contribution is 5.88. The average molecular weight is 268 g/mol. The molecule has 2 aliphatic heterocycles. The minimum atomic E-state index is -0.969. The third-order valence-corrected chi connectivity index (χ3v) is 2.55. The van der Waals surface area contributed by atoms with Gasteiger partial charge in [-0.05, 0) is 12.5 Å². The zero-order valence-electron chi connectivity index (χ0n) is 9.96. The van der Waals surface area contributed by atoms with E-state index in [-0.39, 0.29) is 25.9 Å². The van der Waals surface area contributed by atoms with Crippen molar-refractivity contribution in [2.75, 3.05) is 6.61 Å². The Bertz CT molecular complexity index is 474. The molecule has 1 N–H and O–H groups in total. The molecular formula is C12H12O7. The fourth-order valence-electron chi connectivity index (χ4n) is 1.70. The molecule has 19 heavy (non-hydrogen) atoms. The van der Waals surface area contributed by atoms with E-state index in [1.54, 1.807) is 6.08 Å². The van der Waals surface area contributed by atoms with Gasteiger partial charge in [-0.2, -0.15) is 0 Å². The summed E-state index contributed by atoms with van der Waals surface area (Å²) < 4.78 is 15.1. The van der Waals surface area contributed by atoms with Crippen LogP contribution in [0.2, 0.25) is 0 Å². The van der Waals surface area contributed by atoms with Crippen LogP contribution in [0.3, 0.4) is 0 Å². The maximum absolute atomic E-state index is 11.5. The molecule has 0 aliphatic carbocycles. The second kappa shape index (κ2) is 5.66. The minimum absolute atomic E-state index is 0.0205. The Hall–Kier alpha value is -2.15. The second-order valence-electron chi connectivity index (χ2n) is 3.99. The highest BCUT2D eigenvalue weighted by Crippen LogP contribution is 2.28. The van der Waals surface area contributed by atoms with E-state index in [9.17, 15) is 14.4 Å². The summed E-state index contributed by atoms with van der Waals surface area (Å²) in [6.45, 7) is 0.174. The lowest BCUT2D eigenvalue weighted by Gasteiger charge is -2.22. The Morgan fingerprint density at radius 3 is 2.95 bits per heavy atom. The van der Waals surface area contributed by atoms with E-state index in [4.69, 9.17) is 19.3 Å². The summed E-state index contributed by atoms with van der Waals surface area (Å²) in [5.41, 5.74) is 0.378. The van der Waals surface area contributed by atoms with Gasteiger partial charge in [0.05, 0.1) is 12.2 Å². The topological polar surface area (TPSA) is 99.1 Å². The molecule has 2 rings (SSSR count). The zero-order valence-corrected chi connectivity index (χ0v) is 9.96. The molecule has 0 aromatic carbocycles. The van der Waals surface area contributed by atoms with Gasteiger partial charge in [-0.25, -0.2) is 4.79 Å². The Labute approximate surface area is 108 Å². The summed E-state index contributed by atoms with van der Waals surface area (Å²) in [7, 11) is 0. The lowest BCUT2D eigenvalue weighted by Crippen LogP contribution is -2.27. The van der Waals surface area contributed by atoms with Gasteiger partial charge in [0.15, 0.2) is 0 Å². The summed E-state index contributed by atoms with van der Waals surface area (Å²) >= 11 is 0. The van der Waals surface area contributed by atoms with Gasteiger partial charge in [0.25, 0.3) is 0 Å². The zero-order chi connectivity index (χ0) is 13.8. The molecular weight excluding hydrogens is 256 g/mol. The van der Waals surface area contributed by atoms with E-state index in [0.717, 1.165) is 0 Å². The van der Waals surface area contributed by atoms with Crippen LogP contribution in [0.25, 0.3) is 0 Å². The fourth-order valence-corrected chi connectivity index (χ4v) is 1.70. The molecule has 0 aromatic heterocycles. The van der Waals surface area contributed by atoms with Gasteiger partial charge in [-0.1, -0.05) is 0 Å². The van der Waals surface area contributed by atoms with Gasteiger partial charge in [-0.15, -0.1) is 0 Å². The number of fused-ring (bicyclic) bond motifs is 1. The van der Waals surface area contributed by atoms with Crippen molar-refractivity contribution in [3.8, 4) is 0 Å². The van der Waals surface area contributed by atoms with Crippen LogP contribution in [0.15, 0.2) is 23.5 Å². The number of carboxylic acid groups (broad SMARTS) is 1. The molecule has 0 spiro atoms. The molecule has 0 aromatic rings. The average Bonchev–Trinajstić information content (AvgIpc) is 2.70. The van der Waals surface area contributed by atoms with E-state index < -0.39 is 24.2 Å². The molecule has 0 amide bonds. The first-order valence-electron chi connectivity index (χ1n) is 5.73. The summed E-state index contributed by atoms with van der Waals surface area (Å²) in [4.78, 5) is 32.9. The normalized spacial score (nSPS) is 21.1. The van der Waals surface area contributed by atoms with Crippen molar-refractivity contribution in [1.29, 1.82) is 0 Å². The minimum Gasteiger partial charge on any atom is -0.481 e. The number of carbonyl (C=O) groups excluding carboxylic acids is 2. The number of aliphatic carboxylic acids is 1. The van der Waals surface area contributed by atoms with E-state index in [1.807, 2.05) is 0 Å². The number of carboxylic acids is 1. The SMILES string of the molecule is O=C(O)CCCC(=O)OC1OCC=C2OC(=O)C=C21. The Morgan fingerprint density at radius 2 is 2.21 bits per heavy atom. The van der Waals surface area contributed by atoms with Gasteiger partial charge < -0.3 is 19.3 Å². The molecule has 2 heterocycles. The summed E-state index contributed by atoms with van der Waals surface area (Å²) in [5.74, 6) is -1.73.